The van der Waals surface area contributed by atoms with Crippen LogP contribution in [-0.4, -0.2) is 60.4 Å². The van der Waals surface area contributed by atoms with E-state index in [-0.39, 0.29) is 24.8 Å². The van der Waals surface area contributed by atoms with E-state index in [1.165, 1.54) is 46.4 Å². The number of imidazole rings is 1. The molecule has 172 valence electrons. The molecule has 0 amide bonds. The molecule has 1 aliphatic heterocycles. The number of nitrogens with zero attached hydrogens (tertiary/aromatic N) is 6. The Morgan fingerprint density at radius 3 is 2.78 bits per heavy atom. The summed E-state index contributed by atoms with van der Waals surface area (Å²) in [6, 6.07) is 3.81. The van der Waals surface area contributed by atoms with Gasteiger partial charge in [0.15, 0.2) is 5.65 Å². The van der Waals surface area contributed by atoms with Gasteiger partial charge in [-0.3, -0.25) is 0 Å². The average Bonchev–Trinajstić information content (AvgIpc) is 3.17. The second-order valence-electron chi connectivity index (χ2n) is 7.73. The molecule has 32 heavy (non-hydrogen) atoms. The minimum absolute atomic E-state index is 0.169. The smallest absolute Gasteiger partial charge is 0.282 e. The molecule has 4 heterocycles. The first-order chi connectivity index (χ1) is 15.1. The second kappa shape index (κ2) is 8.79. The van der Waals surface area contributed by atoms with Crippen molar-refractivity contribution in [2.24, 2.45) is 5.92 Å². The maximum atomic E-state index is 14.5. The van der Waals surface area contributed by atoms with Crippen molar-refractivity contribution in [3.8, 4) is 11.4 Å². The summed E-state index contributed by atoms with van der Waals surface area (Å²) in [6.07, 6.45) is 1.02. The summed E-state index contributed by atoms with van der Waals surface area (Å²) in [7, 11) is 0. The summed E-state index contributed by atoms with van der Waals surface area (Å²) in [5, 5.41) is 3.92. The number of rotatable bonds is 6. The van der Waals surface area contributed by atoms with Gasteiger partial charge in [0.25, 0.3) is 12.3 Å². The molecule has 0 aromatic carbocycles. The molecule has 3 atom stereocenters. The van der Waals surface area contributed by atoms with Gasteiger partial charge in [0.1, 0.15) is 29.8 Å². The van der Waals surface area contributed by atoms with Crippen molar-refractivity contribution in [1.29, 1.82) is 0 Å². The average molecular weight is 471 g/mol. The highest BCUT2D eigenvalue weighted by molar-refractivity contribution is 7.88. The van der Waals surface area contributed by atoms with Crippen LogP contribution < -0.4 is 9.62 Å². The lowest BCUT2D eigenvalue weighted by molar-refractivity contribution is -0.0372. The van der Waals surface area contributed by atoms with Crippen LogP contribution in [0.15, 0.2) is 30.7 Å². The molecule has 0 spiro atoms. The van der Waals surface area contributed by atoms with Gasteiger partial charge >= 0.3 is 0 Å². The van der Waals surface area contributed by atoms with E-state index < -0.39 is 41.9 Å². The van der Waals surface area contributed by atoms with Gasteiger partial charge in [-0.25, -0.2) is 37.0 Å². The third-order valence-corrected chi connectivity index (χ3v) is 6.07. The normalized spacial score (nSPS) is 21.9. The minimum Gasteiger partial charge on any atom is -0.598 e. The molecule has 0 bridgehead atoms. The fraction of sp³-hybridized carbons (Fsp3) is 0.474. The Balaban J connectivity index is 1.68. The van der Waals surface area contributed by atoms with Crippen LogP contribution in [0.3, 0.4) is 0 Å². The summed E-state index contributed by atoms with van der Waals surface area (Å²) in [5.41, 5.74) is 0.578. The molecule has 4 rings (SSSR count). The summed E-state index contributed by atoms with van der Waals surface area (Å²) in [6.45, 7) is 1.45. The standard InChI is InChI=1S/C19H21F4N7OS/c1-11-12(7-27-32(2)31)6-19(22,23)9-29(11)17-5-14(25-10-26-17)15-8-24-16-4-3-13(18(20)21)28-30(15)16/h3-5,8,10-12,18,27H,6-7,9H2,1-2H3/t11-,12+,32?/m0/s1. The van der Waals surface area contributed by atoms with Gasteiger partial charge in [-0.15, -0.1) is 4.72 Å². The molecule has 3 aromatic heterocycles. The predicted molar refractivity (Wildman–Crippen MR) is 111 cm³/mol. The lowest BCUT2D eigenvalue weighted by Gasteiger charge is -2.43. The van der Waals surface area contributed by atoms with Crippen LogP contribution in [0.25, 0.3) is 17.0 Å². The molecule has 1 aliphatic rings. The molecule has 3 aromatic rings. The fourth-order valence-corrected chi connectivity index (χ4v) is 4.29. The Kier molecular flexibility index (Phi) is 6.23. The lowest BCUT2D eigenvalue weighted by atomic mass is 9.88. The number of anilines is 1. The summed E-state index contributed by atoms with van der Waals surface area (Å²) < 4.78 is 70.5. The van der Waals surface area contributed by atoms with Gasteiger partial charge < -0.3 is 9.45 Å². The lowest BCUT2D eigenvalue weighted by Crippen LogP contribution is -2.55. The zero-order chi connectivity index (χ0) is 23.0. The van der Waals surface area contributed by atoms with Crippen LogP contribution >= 0.6 is 0 Å². The molecule has 0 radical (unpaired) electrons. The van der Waals surface area contributed by atoms with Crippen molar-refractivity contribution in [2.45, 2.75) is 31.7 Å². The summed E-state index contributed by atoms with van der Waals surface area (Å²) >= 11 is -1.31. The van der Waals surface area contributed by atoms with Crippen molar-refractivity contribution >= 4 is 22.8 Å². The van der Waals surface area contributed by atoms with Crippen LogP contribution in [-0.2, 0) is 11.4 Å². The zero-order valence-electron chi connectivity index (χ0n) is 17.3. The highest BCUT2D eigenvalue weighted by atomic mass is 32.2. The molecule has 0 saturated carbocycles. The Morgan fingerprint density at radius 2 is 2.06 bits per heavy atom. The number of halogens is 4. The molecule has 0 aliphatic carbocycles. The molecule has 13 heteroatoms. The van der Waals surface area contributed by atoms with Crippen LogP contribution in [0.1, 0.15) is 25.5 Å². The molecule has 1 N–H and O–H groups in total. The SMILES string of the molecule is C[C@H]1[C@@H](CN[S+](C)[O-])CC(F)(F)CN1c1cc(-c2cnc3ccc(C(F)F)nn23)ncn1. The maximum absolute atomic E-state index is 14.5. The molecular formula is C19H21F4N7OS. The van der Waals surface area contributed by atoms with E-state index in [0.29, 0.717) is 17.0 Å². The van der Waals surface area contributed by atoms with Gasteiger partial charge in [-0.1, -0.05) is 0 Å². The molecule has 8 nitrogen and oxygen atoms in total. The number of fused-ring (bicyclic) bond motifs is 1. The highest BCUT2D eigenvalue weighted by Crippen LogP contribution is 2.37. The molecule has 1 fully saturated rings. The van der Waals surface area contributed by atoms with Gasteiger partial charge in [0.05, 0.1) is 18.4 Å². The first-order valence-electron chi connectivity index (χ1n) is 9.81. The van der Waals surface area contributed by atoms with Crippen LogP contribution in [0.2, 0.25) is 0 Å². The summed E-state index contributed by atoms with van der Waals surface area (Å²) in [5.74, 6) is -3.16. The maximum Gasteiger partial charge on any atom is 0.282 e. The predicted octanol–water partition coefficient (Wildman–Crippen LogP) is 2.86. The highest BCUT2D eigenvalue weighted by Gasteiger charge is 2.45. The Bertz CT molecular complexity index is 1100. The van der Waals surface area contributed by atoms with E-state index in [9.17, 15) is 22.1 Å². The molecule has 1 unspecified atom stereocenters. The zero-order valence-corrected chi connectivity index (χ0v) is 18.1. The number of nitrogens with one attached hydrogen (secondary N) is 1. The van der Waals surface area contributed by atoms with E-state index in [4.69, 9.17) is 0 Å². The van der Waals surface area contributed by atoms with Crippen LogP contribution in [0.5, 0.6) is 0 Å². The van der Waals surface area contributed by atoms with Gasteiger partial charge in [-0.2, -0.15) is 5.10 Å². The third-order valence-electron chi connectivity index (χ3n) is 5.50. The van der Waals surface area contributed by atoms with Crippen LogP contribution in [0.4, 0.5) is 23.4 Å². The van der Waals surface area contributed by atoms with E-state index in [0.717, 1.165) is 0 Å². The number of hydrogen-bond acceptors (Lipinski definition) is 7. The monoisotopic (exact) mass is 471 g/mol. The largest absolute Gasteiger partial charge is 0.598 e. The van der Waals surface area contributed by atoms with Crippen molar-refractivity contribution in [2.75, 3.05) is 24.2 Å². The van der Waals surface area contributed by atoms with E-state index in [1.54, 1.807) is 0 Å². The van der Waals surface area contributed by atoms with Gasteiger partial charge in [0.2, 0.25) is 0 Å². The first kappa shape index (κ1) is 22.7. The Morgan fingerprint density at radius 1 is 1.28 bits per heavy atom. The van der Waals surface area contributed by atoms with Crippen LogP contribution in [0, 0.1) is 5.92 Å². The van der Waals surface area contributed by atoms with Crippen molar-refractivity contribution in [3.05, 3.63) is 36.4 Å². The number of aromatic nitrogens is 5. The number of piperidine rings is 1. The van der Waals surface area contributed by atoms with E-state index >= 15 is 0 Å². The minimum atomic E-state index is -2.96. The topological polar surface area (TPSA) is 94.3 Å². The van der Waals surface area contributed by atoms with E-state index in [2.05, 4.69) is 24.8 Å². The summed E-state index contributed by atoms with van der Waals surface area (Å²) in [4.78, 5) is 14.0. The third kappa shape index (κ3) is 4.64. The number of hydrogen-bond donors (Lipinski definition) is 1. The van der Waals surface area contributed by atoms with Gasteiger partial charge in [0, 0.05) is 42.4 Å². The Hall–Kier alpha value is -2.51. The molecular weight excluding hydrogens is 450 g/mol. The fourth-order valence-electron chi connectivity index (χ4n) is 3.85. The van der Waals surface area contributed by atoms with Gasteiger partial charge in [-0.05, 0) is 19.1 Å². The molecule has 1 saturated heterocycles. The van der Waals surface area contributed by atoms with E-state index in [1.807, 2.05) is 6.92 Å². The van der Waals surface area contributed by atoms with Crippen molar-refractivity contribution in [1.82, 2.24) is 29.3 Å². The first-order valence-corrected chi connectivity index (χ1v) is 11.4. The quantitative estimate of drug-likeness (QED) is 0.436. The van der Waals surface area contributed by atoms with Crippen molar-refractivity contribution < 1.29 is 22.1 Å². The Labute approximate surface area is 184 Å². The number of alkyl halides is 4. The van der Waals surface area contributed by atoms with Crippen molar-refractivity contribution in [3.63, 3.8) is 0 Å². The second-order valence-corrected chi connectivity index (χ2v) is 8.92.